The number of nitroso groups, excluding NO2 is 1. The summed E-state index contributed by atoms with van der Waals surface area (Å²) in [5, 5.41) is 11.4. The Bertz CT molecular complexity index is 1030. The van der Waals surface area contributed by atoms with Crippen LogP contribution in [0.5, 0.6) is 0 Å². The van der Waals surface area contributed by atoms with Crippen LogP contribution in [0.2, 0.25) is 0 Å². The fraction of sp³-hybridized carbons (Fsp3) is 0.333. The van der Waals surface area contributed by atoms with Gasteiger partial charge in [0.1, 0.15) is 12.2 Å². The first-order chi connectivity index (χ1) is 13.0. The molecule has 1 aromatic heterocycles. The number of benzene rings is 1. The fourth-order valence-corrected chi connectivity index (χ4v) is 3.29. The molecule has 4 rings (SSSR count). The standard InChI is InChI=1S/C21H22N4O2/c1-12-7-19(13(2)25-27)22-11-18(12)16-6-5-15-9-20(23-10-17(15)8-16)24-21(26)14-3-4-14/h5-11,13-14,20,23H,3-4H2,1-2H3,(H,24,26)/t13-,20?/m0/s1. The highest BCUT2D eigenvalue weighted by atomic mass is 16.3. The normalized spacial score (nSPS) is 19.0. The summed E-state index contributed by atoms with van der Waals surface area (Å²) in [5.74, 6) is 0.317. The molecule has 2 N–H and O–H groups in total. The van der Waals surface area contributed by atoms with Crippen molar-refractivity contribution in [2.45, 2.75) is 38.9 Å². The minimum Gasteiger partial charge on any atom is -0.368 e. The second-order valence-electron chi connectivity index (χ2n) is 7.29. The van der Waals surface area contributed by atoms with Gasteiger partial charge >= 0.3 is 0 Å². The Kier molecular flexibility index (Phi) is 4.48. The Labute approximate surface area is 157 Å². The number of hydrogen-bond acceptors (Lipinski definition) is 5. The number of carbonyl (C=O) groups is 1. The molecular formula is C21H22N4O2. The van der Waals surface area contributed by atoms with Crippen molar-refractivity contribution in [2.24, 2.45) is 11.1 Å². The minimum absolute atomic E-state index is 0.123. The van der Waals surface area contributed by atoms with Crippen LogP contribution in [-0.2, 0) is 4.79 Å². The van der Waals surface area contributed by atoms with Gasteiger partial charge in [-0.05, 0) is 66.5 Å². The second-order valence-corrected chi connectivity index (χ2v) is 7.29. The molecule has 0 bridgehead atoms. The smallest absolute Gasteiger partial charge is 0.224 e. The van der Waals surface area contributed by atoms with E-state index in [1.54, 1.807) is 13.1 Å². The van der Waals surface area contributed by atoms with Gasteiger partial charge in [0.2, 0.25) is 5.91 Å². The van der Waals surface area contributed by atoms with Gasteiger partial charge in [-0.2, -0.15) is 4.91 Å². The van der Waals surface area contributed by atoms with Crippen LogP contribution in [0.4, 0.5) is 0 Å². The molecule has 1 aliphatic heterocycles. The SMILES string of the molecule is Cc1cc([C@H](C)N=O)ncc1-c1ccc2c(c1)=CNC(NC(=O)C1CC1)C=2. The average Bonchev–Trinajstić information content (AvgIpc) is 3.52. The van der Waals surface area contributed by atoms with E-state index in [4.69, 9.17) is 0 Å². The third-order valence-corrected chi connectivity index (χ3v) is 5.13. The van der Waals surface area contributed by atoms with E-state index < -0.39 is 6.04 Å². The van der Waals surface area contributed by atoms with Gasteiger partial charge in [0, 0.05) is 23.9 Å². The molecule has 1 saturated carbocycles. The van der Waals surface area contributed by atoms with Crippen molar-refractivity contribution in [2.75, 3.05) is 0 Å². The summed E-state index contributed by atoms with van der Waals surface area (Å²) in [6, 6.07) is 7.68. The van der Waals surface area contributed by atoms with Crippen molar-refractivity contribution in [3.05, 3.63) is 57.1 Å². The van der Waals surface area contributed by atoms with Crippen LogP contribution in [0.3, 0.4) is 0 Å². The Hall–Kier alpha value is -3.02. The van der Waals surface area contributed by atoms with Crippen LogP contribution < -0.4 is 21.1 Å². The highest BCUT2D eigenvalue weighted by Crippen LogP contribution is 2.29. The highest BCUT2D eigenvalue weighted by Gasteiger charge is 2.30. The lowest BCUT2D eigenvalue weighted by Crippen LogP contribution is -2.48. The van der Waals surface area contributed by atoms with Crippen molar-refractivity contribution in [1.29, 1.82) is 0 Å². The van der Waals surface area contributed by atoms with Gasteiger partial charge in [-0.25, -0.2) is 0 Å². The summed E-state index contributed by atoms with van der Waals surface area (Å²) in [5.41, 5.74) is 3.82. The monoisotopic (exact) mass is 362 g/mol. The van der Waals surface area contributed by atoms with Crippen molar-refractivity contribution in [1.82, 2.24) is 15.6 Å². The van der Waals surface area contributed by atoms with Crippen molar-refractivity contribution in [3.8, 4) is 11.1 Å². The van der Waals surface area contributed by atoms with Crippen molar-refractivity contribution < 1.29 is 4.79 Å². The van der Waals surface area contributed by atoms with E-state index in [1.807, 2.05) is 25.3 Å². The number of carbonyl (C=O) groups excluding carboxylic acids is 1. The van der Waals surface area contributed by atoms with Crippen LogP contribution in [0.15, 0.2) is 35.6 Å². The molecule has 27 heavy (non-hydrogen) atoms. The lowest BCUT2D eigenvalue weighted by atomic mass is 9.99. The van der Waals surface area contributed by atoms with E-state index in [0.717, 1.165) is 40.0 Å². The fourth-order valence-electron chi connectivity index (χ4n) is 3.29. The minimum atomic E-state index is -0.448. The molecule has 1 aliphatic carbocycles. The number of fused-ring (bicyclic) bond motifs is 1. The molecule has 0 spiro atoms. The van der Waals surface area contributed by atoms with E-state index in [-0.39, 0.29) is 18.0 Å². The predicted octanol–water partition coefficient (Wildman–Crippen LogP) is 1.86. The number of nitrogens with one attached hydrogen (secondary N) is 2. The van der Waals surface area contributed by atoms with E-state index in [0.29, 0.717) is 5.69 Å². The van der Waals surface area contributed by atoms with Crippen LogP contribution in [0.1, 0.15) is 37.1 Å². The Morgan fingerprint density at radius 1 is 1.30 bits per heavy atom. The molecule has 6 heteroatoms. The Morgan fingerprint density at radius 3 is 2.81 bits per heavy atom. The van der Waals surface area contributed by atoms with Crippen LogP contribution in [-0.4, -0.2) is 17.1 Å². The third-order valence-electron chi connectivity index (χ3n) is 5.13. The van der Waals surface area contributed by atoms with E-state index in [9.17, 15) is 9.70 Å². The van der Waals surface area contributed by atoms with E-state index in [2.05, 4.69) is 39.0 Å². The molecule has 138 valence electrons. The van der Waals surface area contributed by atoms with Gasteiger partial charge in [0.05, 0.1) is 5.69 Å². The number of hydrogen-bond donors (Lipinski definition) is 2. The molecule has 1 amide bonds. The zero-order chi connectivity index (χ0) is 19.0. The molecule has 2 atom stereocenters. The molecule has 6 nitrogen and oxygen atoms in total. The number of nitrogens with zero attached hydrogens (tertiary/aromatic N) is 2. The van der Waals surface area contributed by atoms with Gasteiger partial charge in [-0.15, -0.1) is 0 Å². The molecule has 1 unspecified atom stereocenters. The maximum atomic E-state index is 11.9. The van der Waals surface area contributed by atoms with Crippen molar-refractivity contribution >= 4 is 18.2 Å². The number of aromatic nitrogens is 1. The number of pyridine rings is 1. The first kappa shape index (κ1) is 17.4. The number of aryl methyl sites for hydroxylation is 1. The summed E-state index contributed by atoms with van der Waals surface area (Å²) in [4.78, 5) is 27.1. The summed E-state index contributed by atoms with van der Waals surface area (Å²) in [6.07, 6.45) is 7.59. The van der Waals surface area contributed by atoms with Gasteiger partial charge in [-0.3, -0.25) is 9.78 Å². The van der Waals surface area contributed by atoms with Gasteiger partial charge in [0.25, 0.3) is 0 Å². The lowest BCUT2D eigenvalue weighted by Gasteiger charge is -2.18. The van der Waals surface area contributed by atoms with Gasteiger partial charge < -0.3 is 10.6 Å². The highest BCUT2D eigenvalue weighted by molar-refractivity contribution is 5.82. The molecule has 1 fully saturated rings. The number of rotatable bonds is 5. The first-order valence-electron chi connectivity index (χ1n) is 9.23. The van der Waals surface area contributed by atoms with Gasteiger partial charge in [0.15, 0.2) is 0 Å². The van der Waals surface area contributed by atoms with Gasteiger partial charge in [-0.1, -0.05) is 17.3 Å². The largest absolute Gasteiger partial charge is 0.368 e. The summed E-state index contributed by atoms with van der Waals surface area (Å²) >= 11 is 0. The number of amides is 1. The second kappa shape index (κ2) is 6.95. The summed E-state index contributed by atoms with van der Waals surface area (Å²) in [7, 11) is 0. The summed E-state index contributed by atoms with van der Waals surface area (Å²) < 4.78 is 0. The van der Waals surface area contributed by atoms with Crippen molar-refractivity contribution in [3.63, 3.8) is 0 Å². The molecule has 0 radical (unpaired) electrons. The predicted molar refractivity (Wildman–Crippen MR) is 105 cm³/mol. The maximum Gasteiger partial charge on any atom is 0.224 e. The van der Waals surface area contributed by atoms with Crippen LogP contribution in [0, 0.1) is 17.7 Å². The maximum absolute atomic E-state index is 11.9. The first-order valence-corrected chi connectivity index (χ1v) is 9.23. The Morgan fingerprint density at radius 2 is 2.11 bits per heavy atom. The topological polar surface area (TPSA) is 83.4 Å². The van der Waals surface area contributed by atoms with Crippen LogP contribution in [0.25, 0.3) is 23.4 Å². The zero-order valence-electron chi connectivity index (χ0n) is 15.4. The summed E-state index contributed by atoms with van der Waals surface area (Å²) in [6.45, 7) is 3.75. The Balaban J connectivity index is 1.60. The quantitative estimate of drug-likeness (QED) is 0.796. The molecule has 2 aliphatic rings. The van der Waals surface area contributed by atoms with Crippen LogP contribution >= 0.6 is 0 Å². The molecule has 0 saturated heterocycles. The molecule has 2 heterocycles. The van der Waals surface area contributed by atoms with E-state index in [1.165, 1.54) is 0 Å². The average molecular weight is 362 g/mol. The zero-order valence-corrected chi connectivity index (χ0v) is 15.4. The molecule has 1 aromatic carbocycles. The molecular weight excluding hydrogens is 340 g/mol. The molecule has 2 aromatic rings. The van der Waals surface area contributed by atoms with E-state index >= 15 is 0 Å². The third kappa shape index (κ3) is 3.60. The lowest BCUT2D eigenvalue weighted by molar-refractivity contribution is -0.122.